The minimum absolute atomic E-state index is 0.174. The van der Waals surface area contributed by atoms with Gasteiger partial charge in [-0.15, -0.1) is 11.3 Å². The Hall–Kier alpha value is -1.64. The fourth-order valence-electron chi connectivity index (χ4n) is 1.92. The quantitative estimate of drug-likeness (QED) is 0.789. The van der Waals surface area contributed by atoms with Gasteiger partial charge in [0.15, 0.2) is 16.5 Å². The van der Waals surface area contributed by atoms with E-state index in [1.54, 1.807) is 24.8 Å². The number of hydrogen-bond acceptors (Lipinski definition) is 6. The van der Waals surface area contributed by atoms with Crippen LogP contribution < -0.4 is 4.90 Å². The molecule has 0 saturated carbocycles. The molecule has 0 atom stereocenters. The summed E-state index contributed by atoms with van der Waals surface area (Å²) in [7, 11) is 3.22. The van der Waals surface area contributed by atoms with Crippen LogP contribution in [-0.4, -0.2) is 61.0 Å². The molecule has 0 fully saturated rings. The Morgan fingerprint density at radius 2 is 2.05 bits per heavy atom. The molecule has 0 spiro atoms. The first-order valence-corrected chi connectivity index (χ1v) is 6.98. The molecule has 20 heavy (non-hydrogen) atoms. The molecule has 0 aliphatic rings. The molecule has 2 heterocycles. The molecule has 0 saturated heterocycles. The van der Waals surface area contributed by atoms with Crippen LogP contribution in [-0.2, 0) is 9.47 Å². The van der Waals surface area contributed by atoms with Crippen LogP contribution in [0.2, 0.25) is 0 Å². The van der Waals surface area contributed by atoms with Gasteiger partial charge < -0.3 is 19.5 Å². The molecule has 0 unspecified atom stereocenters. The number of aromatic carboxylic acids is 1. The lowest BCUT2D eigenvalue weighted by Gasteiger charge is -2.22. The Labute approximate surface area is 120 Å². The van der Waals surface area contributed by atoms with Gasteiger partial charge in [0.2, 0.25) is 0 Å². The lowest BCUT2D eigenvalue weighted by Crippen LogP contribution is -2.32. The molecule has 110 valence electrons. The minimum Gasteiger partial charge on any atom is -0.476 e. The number of anilines is 1. The monoisotopic (exact) mass is 299 g/mol. The van der Waals surface area contributed by atoms with Gasteiger partial charge in [0.05, 0.1) is 13.2 Å². The molecule has 7 nitrogen and oxygen atoms in total. The third-order valence-corrected chi connectivity index (χ3v) is 3.63. The number of methoxy groups -OCH3 is 2. The SMILES string of the molecule is COCCN(CCOC)c1nc2sccn2c1C(=O)O. The van der Waals surface area contributed by atoms with Crippen LogP contribution in [0.15, 0.2) is 11.6 Å². The van der Waals surface area contributed by atoms with Gasteiger partial charge in [0.1, 0.15) is 0 Å². The largest absolute Gasteiger partial charge is 0.476 e. The first-order chi connectivity index (χ1) is 9.69. The molecule has 0 aliphatic carbocycles. The van der Waals surface area contributed by atoms with E-state index in [4.69, 9.17) is 9.47 Å². The zero-order chi connectivity index (χ0) is 14.5. The number of fused-ring (bicyclic) bond motifs is 1. The summed E-state index contributed by atoms with van der Waals surface area (Å²) >= 11 is 1.40. The smallest absolute Gasteiger partial charge is 0.356 e. The van der Waals surface area contributed by atoms with E-state index in [1.165, 1.54) is 11.3 Å². The Balaban J connectivity index is 2.37. The van der Waals surface area contributed by atoms with Crippen molar-refractivity contribution >= 4 is 28.1 Å². The van der Waals surface area contributed by atoms with Crippen molar-refractivity contribution in [1.82, 2.24) is 9.38 Å². The molecule has 2 aromatic rings. The van der Waals surface area contributed by atoms with Crippen molar-refractivity contribution in [2.75, 3.05) is 45.4 Å². The van der Waals surface area contributed by atoms with Gasteiger partial charge in [-0.3, -0.25) is 4.40 Å². The number of imidazole rings is 1. The van der Waals surface area contributed by atoms with E-state index in [0.717, 1.165) is 0 Å². The van der Waals surface area contributed by atoms with Gasteiger partial charge in [-0.2, -0.15) is 0 Å². The summed E-state index contributed by atoms with van der Waals surface area (Å²) in [6.07, 6.45) is 1.71. The molecule has 0 bridgehead atoms. The Morgan fingerprint density at radius 3 is 2.60 bits per heavy atom. The second kappa shape index (κ2) is 6.69. The summed E-state index contributed by atoms with van der Waals surface area (Å²) < 4.78 is 11.7. The van der Waals surface area contributed by atoms with Crippen molar-refractivity contribution in [1.29, 1.82) is 0 Å². The van der Waals surface area contributed by atoms with Crippen molar-refractivity contribution in [3.63, 3.8) is 0 Å². The average Bonchev–Trinajstić information content (AvgIpc) is 2.98. The predicted octanol–water partition coefficient (Wildman–Crippen LogP) is 1.19. The van der Waals surface area contributed by atoms with E-state index in [-0.39, 0.29) is 5.69 Å². The van der Waals surface area contributed by atoms with Crippen LogP contribution >= 0.6 is 11.3 Å². The number of carbonyl (C=O) groups is 1. The van der Waals surface area contributed by atoms with E-state index >= 15 is 0 Å². The van der Waals surface area contributed by atoms with Gasteiger partial charge in [0, 0.05) is 38.9 Å². The van der Waals surface area contributed by atoms with E-state index in [2.05, 4.69) is 4.98 Å². The Morgan fingerprint density at radius 1 is 1.40 bits per heavy atom. The fourth-order valence-corrected chi connectivity index (χ4v) is 2.63. The molecule has 2 aromatic heterocycles. The van der Waals surface area contributed by atoms with Crippen LogP contribution in [0.25, 0.3) is 4.96 Å². The second-order valence-electron chi connectivity index (χ2n) is 4.12. The second-order valence-corrected chi connectivity index (χ2v) is 4.99. The number of carboxylic acids is 1. The maximum atomic E-state index is 11.5. The number of ether oxygens (including phenoxy) is 2. The van der Waals surface area contributed by atoms with Gasteiger partial charge in [-0.1, -0.05) is 0 Å². The molecular weight excluding hydrogens is 282 g/mol. The minimum atomic E-state index is -0.995. The number of carboxylic acid groups (broad SMARTS) is 1. The molecule has 0 radical (unpaired) electrons. The number of rotatable bonds is 8. The molecule has 0 aliphatic heterocycles. The van der Waals surface area contributed by atoms with Crippen molar-refractivity contribution in [2.45, 2.75) is 0 Å². The van der Waals surface area contributed by atoms with Gasteiger partial charge in [-0.25, -0.2) is 9.78 Å². The van der Waals surface area contributed by atoms with Gasteiger partial charge in [-0.05, 0) is 0 Å². The summed E-state index contributed by atoms with van der Waals surface area (Å²) in [6.45, 7) is 2.11. The predicted molar refractivity (Wildman–Crippen MR) is 76.0 cm³/mol. The summed E-state index contributed by atoms with van der Waals surface area (Å²) in [4.78, 5) is 18.5. The molecule has 1 N–H and O–H groups in total. The molecule has 2 rings (SSSR count). The third kappa shape index (κ3) is 2.92. The zero-order valence-electron chi connectivity index (χ0n) is 11.4. The van der Waals surface area contributed by atoms with E-state index in [0.29, 0.717) is 37.1 Å². The van der Waals surface area contributed by atoms with Crippen molar-refractivity contribution in [2.24, 2.45) is 0 Å². The number of aromatic nitrogens is 2. The highest BCUT2D eigenvalue weighted by atomic mass is 32.1. The Bertz CT molecular complexity index is 572. The zero-order valence-corrected chi connectivity index (χ0v) is 12.2. The van der Waals surface area contributed by atoms with Gasteiger partial charge in [0.25, 0.3) is 0 Å². The van der Waals surface area contributed by atoms with Crippen LogP contribution in [0, 0.1) is 0 Å². The normalized spacial score (nSPS) is 11.1. The molecule has 0 aromatic carbocycles. The average molecular weight is 299 g/mol. The van der Waals surface area contributed by atoms with Crippen LogP contribution in [0.1, 0.15) is 10.5 Å². The third-order valence-electron chi connectivity index (χ3n) is 2.88. The van der Waals surface area contributed by atoms with E-state index in [9.17, 15) is 9.90 Å². The molecule has 8 heteroatoms. The number of thiazole rings is 1. The van der Waals surface area contributed by atoms with E-state index in [1.807, 2.05) is 10.3 Å². The summed E-state index contributed by atoms with van der Waals surface area (Å²) in [5.74, 6) is -0.538. The van der Waals surface area contributed by atoms with Crippen molar-refractivity contribution in [3.05, 3.63) is 17.3 Å². The fraction of sp³-hybridized carbons (Fsp3) is 0.500. The topological polar surface area (TPSA) is 76.3 Å². The summed E-state index contributed by atoms with van der Waals surface area (Å²) in [5, 5.41) is 11.2. The highest BCUT2D eigenvalue weighted by Gasteiger charge is 2.23. The molecule has 0 amide bonds. The highest BCUT2D eigenvalue weighted by molar-refractivity contribution is 7.15. The standard InChI is InChI=1S/C12H17N3O4S/c1-18-6-3-14(4-7-19-2)10-9(11(16)17)15-5-8-20-12(15)13-10/h5,8H,3-4,6-7H2,1-2H3,(H,16,17). The first-order valence-electron chi connectivity index (χ1n) is 6.10. The highest BCUT2D eigenvalue weighted by Crippen LogP contribution is 2.24. The lowest BCUT2D eigenvalue weighted by molar-refractivity contribution is 0.0690. The summed E-state index contributed by atoms with van der Waals surface area (Å²) in [5.41, 5.74) is 0.174. The first kappa shape index (κ1) is 14.8. The molecular formula is C12H17N3O4S. The Kier molecular flexibility index (Phi) is 4.94. The van der Waals surface area contributed by atoms with Crippen LogP contribution in [0.3, 0.4) is 0 Å². The van der Waals surface area contributed by atoms with Gasteiger partial charge >= 0.3 is 5.97 Å². The maximum Gasteiger partial charge on any atom is 0.356 e. The number of hydrogen-bond donors (Lipinski definition) is 1. The lowest BCUT2D eigenvalue weighted by atomic mass is 10.3. The van der Waals surface area contributed by atoms with E-state index < -0.39 is 5.97 Å². The van der Waals surface area contributed by atoms with Crippen LogP contribution in [0.4, 0.5) is 5.82 Å². The van der Waals surface area contributed by atoms with Crippen LogP contribution in [0.5, 0.6) is 0 Å². The summed E-state index contributed by atoms with van der Waals surface area (Å²) in [6, 6.07) is 0. The maximum absolute atomic E-state index is 11.5. The van der Waals surface area contributed by atoms with Crippen molar-refractivity contribution in [3.8, 4) is 0 Å². The number of nitrogens with zero attached hydrogens (tertiary/aromatic N) is 3. The van der Waals surface area contributed by atoms with Crippen molar-refractivity contribution < 1.29 is 19.4 Å².